The lowest BCUT2D eigenvalue weighted by Gasteiger charge is -2.07. The Morgan fingerprint density at radius 3 is 1.28 bits per heavy atom. The number of hydrogen-bond donors (Lipinski definition) is 0. The molecular weight excluding hydrogens is 950 g/mol. The average Bonchev–Trinajstić information content (AvgIpc) is 4.14. The molecule has 0 N–H and O–H groups in total. The first-order valence-electron chi connectivity index (χ1n) is 24.4. The van der Waals surface area contributed by atoms with Gasteiger partial charge in [-0.1, -0.05) is 65.2 Å². The molecule has 0 aliphatic carbocycles. The van der Waals surface area contributed by atoms with E-state index in [-0.39, 0.29) is 11.5 Å². The summed E-state index contributed by atoms with van der Waals surface area (Å²) in [6.45, 7) is 33.5. The van der Waals surface area contributed by atoms with Crippen LogP contribution in [0.2, 0.25) is 0 Å². The first-order chi connectivity index (χ1) is 34.9. The van der Waals surface area contributed by atoms with Gasteiger partial charge in [-0.15, -0.1) is 0 Å². The van der Waals surface area contributed by atoms with Crippen LogP contribution in [0.4, 0.5) is 13.2 Å². The van der Waals surface area contributed by atoms with E-state index in [9.17, 15) is 13.2 Å². The van der Waals surface area contributed by atoms with Crippen molar-refractivity contribution >= 4 is 0 Å². The summed E-state index contributed by atoms with van der Waals surface area (Å²) in [5, 5.41) is 7.19. The van der Waals surface area contributed by atoms with E-state index in [1.165, 1.54) is 18.7 Å². The molecule has 8 rings (SSSR count). The molecule has 0 saturated heterocycles. The van der Waals surface area contributed by atoms with E-state index in [0.717, 1.165) is 102 Å². The van der Waals surface area contributed by atoms with E-state index in [1.54, 1.807) is 38.7 Å². The molecule has 402 valence electrons. The highest BCUT2D eigenvalue weighted by atomic mass is 19.3. The maximum Gasteiger partial charge on any atom is 0.288 e. The minimum atomic E-state index is -2.89. The van der Waals surface area contributed by atoms with Gasteiger partial charge in [-0.3, -0.25) is 39.9 Å². The van der Waals surface area contributed by atoms with Crippen LogP contribution in [0.1, 0.15) is 178 Å². The zero-order valence-electron chi connectivity index (χ0n) is 46.6. The number of aryl methyl sites for hydroxylation is 12. The van der Waals surface area contributed by atoms with Crippen molar-refractivity contribution in [3.8, 4) is 0 Å². The molecule has 0 bridgehead atoms. The predicted molar refractivity (Wildman–Crippen MR) is 280 cm³/mol. The Balaban J connectivity index is 0.000000423. The highest BCUT2D eigenvalue weighted by Crippen LogP contribution is 2.23. The molecule has 0 aliphatic heterocycles. The third-order valence-corrected chi connectivity index (χ3v) is 9.29. The Morgan fingerprint density at radius 1 is 0.514 bits per heavy atom. The van der Waals surface area contributed by atoms with Crippen LogP contribution in [0.15, 0.2) is 87.8 Å². The van der Waals surface area contributed by atoms with E-state index in [0.29, 0.717) is 23.4 Å². The second-order valence-electron chi connectivity index (χ2n) is 17.4. The van der Waals surface area contributed by atoms with Crippen molar-refractivity contribution < 1.29 is 26.6 Å². The average molecular weight is 1030 g/mol. The lowest BCUT2D eigenvalue weighted by molar-refractivity contribution is 0.0123. The zero-order chi connectivity index (χ0) is 55.8. The fourth-order valence-electron chi connectivity index (χ4n) is 4.86. The van der Waals surface area contributed by atoms with Crippen molar-refractivity contribution in [1.29, 1.82) is 0 Å². The Kier molecular flexibility index (Phi) is 30.6. The summed E-state index contributed by atoms with van der Waals surface area (Å²) in [5.41, 5.74) is 9.66. The molecule has 0 aromatic carbocycles. The SMILES string of the molecule is CCCc1cnc(C)cn1.CCc1cnc(C)cn1.CCc1cnc(C)nc1.Cc1cc(C(C)C)no1.Cc1cnc(C(C)(F)F)cn1.Cc1cnc(C)cn1.Cc1nc(C(C)C)co1.Cc1nc(C(C)F)no1. The van der Waals surface area contributed by atoms with Crippen molar-refractivity contribution in [2.24, 2.45) is 0 Å². The summed E-state index contributed by atoms with van der Waals surface area (Å²) in [6, 6.07) is 1.96. The van der Waals surface area contributed by atoms with Crippen LogP contribution >= 0.6 is 0 Å². The van der Waals surface area contributed by atoms with Crippen LogP contribution in [0, 0.1) is 62.3 Å². The maximum absolute atomic E-state index is 12.5. The van der Waals surface area contributed by atoms with Gasteiger partial charge in [-0.25, -0.2) is 19.3 Å². The summed E-state index contributed by atoms with van der Waals surface area (Å²) in [5.74, 6) is 1.05. The van der Waals surface area contributed by atoms with Crippen LogP contribution in [-0.2, 0) is 25.2 Å². The number of oxazole rings is 1. The van der Waals surface area contributed by atoms with Gasteiger partial charge < -0.3 is 13.5 Å². The quantitative estimate of drug-likeness (QED) is 0.138. The van der Waals surface area contributed by atoms with Crippen molar-refractivity contribution in [3.63, 3.8) is 0 Å². The fourth-order valence-corrected chi connectivity index (χ4v) is 4.86. The first-order valence-corrected chi connectivity index (χ1v) is 24.4. The molecule has 0 amide bonds. The smallest absolute Gasteiger partial charge is 0.288 e. The van der Waals surface area contributed by atoms with Gasteiger partial charge in [0.25, 0.3) is 5.92 Å². The van der Waals surface area contributed by atoms with Crippen LogP contribution in [0.3, 0.4) is 0 Å². The third kappa shape index (κ3) is 29.3. The second-order valence-corrected chi connectivity index (χ2v) is 17.4. The van der Waals surface area contributed by atoms with Gasteiger partial charge in [-0.2, -0.15) is 13.8 Å². The summed E-state index contributed by atoms with van der Waals surface area (Å²) in [6.07, 6.45) is 21.6. The van der Waals surface area contributed by atoms with Gasteiger partial charge in [0, 0.05) is 82.6 Å². The lowest BCUT2D eigenvalue weighted by Crippen LogP contribution is -2.10. The van der Waals surface area contributed by atoms with Crippen LogP contribution in [0.5, 0.6) is 0 Å². The van der Waals surface area contributed by atoms with E-state index in [2.05, 4.69) is 123 Å². The highest BCUT2D eigenvalue weighted by Gasteiger charge is 2.26. The van der Waals surface area contributed by atoms with E-state index >= 15 is 0 Å². The number of halogens is 3. The Labute approximate surface area is 435 Å². The third-order valence-electron chi connectivity index (χ3n) is 9.29. The molecule has 17 nitrogen and oxygen atoms in total. The van der Waals surface area contributed by atoms with Crippen molar-refractivity contribution in [2.75, 3.05) is 0 Å². The summed E-state index contributed by atoms with van der Waals surface area (Å²) in [4.78, 5) is 47.7. The molecule has 1 unspecified atom stereocenters. The largest absolute Gasteiger partial charge is 0.449 e. The Hall–Kier alpha value is -7.25. The Morgan fingerprint density at radius 2 is 1.00 bits per heavy atom. The number of rotatable bonds is 8. The highest BCUT2D eigenvalue weighted by molar-refractivity contribution is 5.08. The van der Waals surface area contributed by atoms with E-state index in [4.69, 9.17) is 8.94 Å². The molecule has 0 saturated carbocycles. The molecule has 8 aromatic heterocycles. The number of alkyl halides is 3. The number of hydrogen-bond acceptors (Lipinski definition) is 17. The van der Waals surface area contributed by atoms with Crippen LogP contribution < -0.4 is 0 Å². The summed E-state index contributed by atoms with van der Waals surface area (Å²) in [7, 11) is 0. The van der Waals surface area contributed by atoms with Gasteiger partial charge in [0.05, 0.1) is 57.4 Å². The van der Waals surface area contributed by atoms with Crippen molar-refractivity contribution in [1.82, 2.24) is 70.1 Å². The minimum Gasteiger partial charge on any atom is -0.449 e. The predicted octanol–water partition coefficient (Wildman–Crippen LogP) is 13.0. The lowest BCUT2D eigenvalue weighted by atomic mass is 10.1. The monoisotopic (exact) mass is 1030 g/mol. The molecule has 1 atom stereocenters. The Bertz CT molecular complexity index is 2480. The van der Waals surface area contributed by atoms with Crippen molar-refractivity contribution in [2.45, 2.75) is 174 Å². The summed E-state index contributed by atoms with van der Waals surface area (Å²) >= 11 is 0. The molecule has 0 spiro atoms. The zero-order valence-corrected chi connectivity index (χ0v) is 46.6. The van der Waals surface area contributed by atoms with Gasteiger partial charge in [0.1, 0.15) is 23.5 Å². The standard InChI is InChI=1S/C8H12N2.C7H8F2N2.2C7H10N2.2C7H11NO.C6H8N2.C5H7FN2O/c1-3-4-8-6-9-7(2)5-10-8;1-5-3-11-6(4-10-5)7(2,8)9;1-3-7-4-8-6(2)9-5-7;1-3-7-5-8-6(2)4-9-7;1-5(2)7-4-9-6(3)8-7;1-5(2)7-4-6(3)9-8-7;1-5-3-8-6(2)4-7-5;1-3(6)5-7-4(2)9-8-5/h5-6H,3-4H2,1-2H3;3-4H,1-2H3;2*4-5H,3H2,1-2H3;2*4-5H,1-3H3;3-4H,1-2H3;3H,1-2H3. The fraction of sp³-hybridized carbons (Fsp3) is 0.481. The number of nitrogens with zero attached hydrogens (tertiary/aromatic N) is 14. The molecule has 74 heavy (non-hydrogen) atoms. The number of aromatic nitrogens is 14. The molecule has 0 radical (unpaired) electrons. The van der Waals surface area contributed by atoms with Crippen molar-refractivity contribution in [3.05, 3.63) is 166 Å². The molecule has 0 aliphatic rings. The van der Waals surface area contributed by atoms with E-state index in [1.807, 2.05) is 85.5 Å². The molecule has 20 heteroatoms. The second kappa shape index (κ2) is 35.0. The minimum absolute atomic E-state index is 0.118. The first kappa shape index (κ1) is 64.8. The van der Waals surface area contributed by atoms with Crippen LogP contribution in [-0.4, -0.2) is 70.1 Å². The normalized spacial score (nSPS) is 10.6. The molecule has 8 aromatic rings. The van der Waals surface area contributed by atoms with Crippen LogP contribution in [0.25, 0.3) is 0 Å². The molecule has 8 heterocycles. The summed E-state index contributed by atoms with van der Waals surface area (Å²) < 4.78 is 51.6. The van der Waals surface area contributed by atoms with Gasteiger partial charge >= 0.3 is 0 Å². The topological polar surface area (TPSA) is 220 Å². The maximum atomic E-state index is 12.5. The molecule has 0 fully saturated rings. The van der Waals surface area contributed by atoms with Gasteiger partial charge in [0.2, 0.25) is 11.7 Å². The van der Waals surface area contributed by atoms with Gasteiger partial charge in [0.15, 0.2) is 12.1 Å². The van der Waals surface area contributed by atoms with Gasteiger partial charge in [-0.05, 0) is 92.1 Å². The van der Waals surface area contributed by atoms with E-state index < -0.39 is 12.1 Å². The molecular formula is C54H77F3N14O3.